The van der Waals surface area contributed by atoms with Crippen molar-refractivity contribution < 1.29 is 19.7 Å². The van der Waals surface area contributed by atoms with E-state index in [0.717, 1.165) is 12.8 Å². The Kier molecular flexibility index (Phi) is 15.8. The minimum absolute atomic E-state index is 0.0359. The molecule has 0 saturated carbocycles. The van der Waals surface area contributed by atoms with Crippen LogP contribution < -0.4 is 0 Å². The van der Waals surface area contributed by atoms with Gasteiger partial charge in [-0.15, -0.1) is 0 Å². The van der Waals surface area contributed by atoms with Crippen LogP contribution in [0.1, 0.15) is 96.8 Å². The summed E-state index contributed by atoms with van der Waals surface area (Å²) in [5.74, 6) is -0.431. The van der Waals surface area contributed by atoms with E-state index in [9.17, 15) is 15.0 Å². The summed E-state index contributed by atoms with van der Waals surface area (Å²) >= 11 is 0. The van der Waals surface area contributed by atoms with E-state index in [2.05, 4.69) is 11.7 Å². The van der Waals surface area contributed by atoms with Crippen LogP contribution in [-0.2, 0) is 9.53 Å². The average molecular weight is 331 g/mol. The molecule has 0 heterocycles. The average Bonchev–Trinajstić information content (AvgIpc) is 2.52. The number of carbonyl (C=O) groups is 1. The SMILES string of the molecule is CCCCCCCCCCCCC[C@H](O)C[C@@H](O)CC(=O)OC. The van der Waals surface area contributed by atoms with Gasteiger partial charge in [-0.2, -0.15) is 0 Å². The molecule has 0 spiro atoms. The highest BCUT2D eigenvalue weighted by Gasteiger charge is 2.15. The normalized spacial score (nSPS) is 13.7. The molecule has 0 saturated heterocycles. The molecule has 2 atom stereocenters. The number of esters is 1. The number of aliphatic hydroxyl groups excluding tert-OH is 2. The standard InChI is InChI=1S/C19H38O4/c1-3-4-5-6-7-8-9-10-11-12-13-14-17(20)15-18(21)16-19(22)23-2/h17-18,20-21H,3-16H2,1-2H3/t17-,18+/m0/s1. The summed E-state index contributed by atoms with van der Waals surface area (Å²) in [6.45, 7) is 2.25. The number of aliphatic hydroxyl groups is 2. The molecule has 23 heavy (non-hydrogen) atoms. The zero-order chi connectivity index (χ0) is 17.3. The van der Waals surface area contributed by atoms with Crippen molar-refractivity contribution in [2.75, 3.05) is 7.11 Å². The summed E-state index contributed by atoms with van der Waals surface area (Å²) < 4.78 is 4.49. The van der Waals surface area contributed by atoms with Gasteiger partial charge in [0.15, 0.2) is 0 Å². The highest BCUT2D eigenvalue weighted by Crippen LogP contribution is 2.14. The molecule has 0 fully saturated rings. The molecule has 0 bridgehead atoms. The largest absolute Gasteiger partial charge is 0.469 e. The number of hydrogen-bond acceptors (Lipinski definition) is 4. The Morgan fingerprint density at radius 2 is 1.30 bits per heavy atom. The molecule has 0 aromatic rings. The van der Waals surface area contributed by atoms with E-state index in [1.54, 1.807) is 0 Å². The molecular weight excluding hydrogens is 292 g/mol. The molecule has 0 aromatic carbocycles. The zero-order valence-corrected chi connectivity index (χ0v) is 15.3. The number of unbranched alkanes of at least 4 members (excludes halogenated alkanes) is 10. The van der Waals surface area contributed by atoms with Crippen molar-refractivity contribution in [2.45, 2.75) is 109 Å². The van der Waals surface area contributed by atoms with Gasteiger partial charge in [-0.25, -0.2) is 0 Å². The summed E-state index contributed by atoms with van der Waals surface area (Å²) in [4.78, 5) is 11.0. The Morgan fingerprint density at radius 1 is 0.826 bits per heavy atom. The van der Waals surface area contributed by atoms with Crippen LogP contribution in [0.4, 0.5) is 0 Å². The van der Waals surface area contributed by atoms with Crippen LogP contribution in [0.3, 0.4) is 0 Å². The van der Waals surface area contributed by atoms with Crippen LogP contribution in [0.5, 0.6) is 0 Å². The maximum absolute atomic E-state index is 11.0. The number of carbonyl (C=O) groups excluding carboxylic acids is 1. The highest BCUT2D eigenvalue weighted by molar-refractivity contribution is 5.69. The van der Waals surface area contributed by atoms with E-state index in [4.69, 9.17) is 0 Å². The fraction of sp³-hybridized carbons (Fsp3) is 0.947. The molecule has 138 valence electrons. The Bertz CT molecular complexity index is 268. The van der Waals surface area contributed by atoms with Gasteiger partial charge in [0.05, 0.1) is 25.7 Å². The molecule has 0 rings (SSSR count). The maximum atomic E-state index is 11.0. The van der Waals surface area contributed by atoms with Crippen molar-refractivity contribution in [3.05, 3.63) is 0 Å². The third kappa shape index (κ3) is 16.0. The van der Waals surface area contributed by atoms with E-state index in [-0.39, 0.29) is 12.8 Å². The van der Waals surface area contributed by atoms with E-state index in [1.165, 1.54) is 64.9 Å². The molecule has 4 nitrogen and oxygen atoms in total. The van der Waals surface area contributed by atoms with Crippen LogP contribution in [0.2, 0.25) is 0 Å². The van der Waals surface area contributed by atoms with Crippen molar-refractivity contribution in [2.24, 2.45) is 0 Å². The molecule has 0 aliphatic heterocycles. The van der Waals surface area contributed by atoms with Gasteiger partial charge in [0.2, 0.25) is 0 Å². The topological polar surface area (TPSA) is 66.8 Å². The summed E-state index contributed by atoms with van der Waals surface area (Å²) in [5.41, 5.74) is 0. The second-order valence-electron chi connectivity index (χ2n) is 6.65. The van der Waals surface area contributed by atoms with Gasteiger partial charge < -0.3 is 14.9 Å². The molecule has 2 N–H and O–H groups in total. The third-order valence-corrected chi connectivity index (χ3v) is 4.32. The second kappa shape index (κ2) is 16.3. The summed E-state index contributed by atoms with van der Waals surface area (Å²) in [6.07, 6.45) is 13.7. The lowest BCUT2D eigenvalue weighted by Crippen LogP contribution is -2.21. The van der Waals surface area contributed by atoms with Gasteiger partial charge in [0.25, 0.3) is 0 Å². The van der Waals surface area contributed by atoms with Crippen molar-refractivity contribution in [1.29, 1.82) is 0 Å². The van der Waals surface area contributed by atoms with Gasteiger partial charge in [-0.05, 0) is 12.8 Å². The smallest absolute Gasteiger partial charge is 0.308 e. The lowest BCUT2D eigenvalue weighted by atomic mass is 10.0. The Labute approximate surface area is 142 Å². The summed E-state index contributed by atoms with van der Waals surface area (Å²) in [7, 11) is 1.30. The fourth-order valence-electron chi connectivity index (χ4n) is 2.84. The number of ether oxygens (including phenoxy) is 1. The van der Waals surface area contributed by atoms with Gasteiger partial charge in [0, 0.05) is 0 Å². The predicted octanol–water partition coefficient (Wildman–Crippen LogP) is 4.36. The van der Waals surface area contributed by atoms with Gasteiger partial charge in [0.1, 0.15) is 0 Å². The van der Waals surface area contributed by atoms with Crippen molar-refractivity contribution in [3.8, 4) is 0 Å². The van der Waals surface area contributed by atoms with E-state index < -0.39 is 18.2 Å². The minimum Gasteiger partial charge on any atom is -0.469 e. The van der Waals surface area contributed by atoms with Gasteiger partial charge in [-0.3, -0.25) is 4.79 Å². The highest BCUT2D eigenvalue weighted by atomic mass is 16.5. The van der Waals surface area contributed by atoms with E-state index in [1.807, 2.05) is 0 Å². The third-order valence-electron chi connectivity index (χ3n) is 4.32. The second-order valence-corrected chi connectivity index (χ2v) is 6.65. The molecule has 4 heteroatoms. The van der Waals surface area contributed by atoms with Gasteiger partial charge >= 0.3 is 5.97 Å². The first-order valence-electron chi connectivity index (χ1n) is 9.53. The fourth-order valence-corrected chi connectivity index (χ4v) is 2.84. The zero-order valence-electron chi connectivity index (χ0n) is 15.3. The minimum atomic E-state index is -0.801. The Morgan fingerprint density at radius 3 is 1.78 bits per heavy atom. The van der Waals surface area contributed by atoms with E-state index >= 15 is 0 Å². The molecule has 0 aliphatic rings. The summed E-state index contributed by atoms with van der Waals surface area (Å²) in [6, 6.07) is 0. The Hall–Kier alpha value is -0.610. The van der Waals surface area contributed by atoms with Crippen LogP contribution in [0.15, 0.2) is 0 Å². The molecule has 0 aromatic heterocycles. The molecule has 0 radical (unpaired) electrons. The molecular formula is C19H38O4. The monoisotopic (exact) mass is 330 g/mol. The van der Waals surface area contributed by atoms with Crippen molar-refractivity contribution in [1.82, 2.24) is 0 Å². The first kappa shape index (κ1) is 22.4. The van der Waals surface area contributed by atoms with Crippen LogP contribution in [0, 0.1) is 0 Å². The molecule has 0 aliphatic carbocycles. The molecule has 0 amide bonds. The lowest BCUT2D eigenvalue weighted by molar-refractivity contribution is -0.143. The van der Waals surface area contributed by atoms with Crippen molar-refractivity contribution >= 4 is 5.97 Å². The maximum Gasteiger partial charge on any atom is 0.308 e. The summed E-state index contributed by atoms with van der Waals surface area (Å²) in [5, 5.41) is 19.5. The van der Waals surface area contributed by atoms with Crippen molar-refractivity contribution in [3.63, 3.8) is 0 Å². The lowest BCUT2D eigenvalue weighted by Gasteiger charge is -2.14. The number of hydrogen-bond donors (Lipinski definition) is 2. The Balaban J connectivity index is 3.32. The van der Waals surface area contributed by atoms with E-state index in [0.29, 0.717) is 6.42 Å². The van der Waals surface area contributed by atoms with Crippen LogP contribution >= 0.6 is 0 Å². The molecule has 0 unspecified atom stereocenters. The number of methoxy groups -OCH3 is 1. The quantitative estimate of drug-likeness (QED) is 0.326. The van der Waals surface area contributed by atoms with Crippen LogP contribution in [0.25, 0.3) is 0 Å². The number of rotatable bonds is 16. The first-order chi connectivity index (χ1) is 11.1. The van der Waals surface area contributed by atoms with Gasteiger partial charge in [-0.1, -0.05) is 77.6 Å². The van der Waals surface area contributed by atoms with Crippen LogP contribution in [-0.4, -0.2) is 35.5 Å². The first-order valence-corrected chi connectivity index (χ1v) is 9.53. The predicted molar refractivity (Wildman–Crippen MR) is 94.3 cm³/mol.